The van der Waals surface area contributed by atoms with Crippen molar-refractivity contribution < 1.29 is 23.0 Å². The summed E-state index contributed by atoms with van der Waals surface area (Å²) >= 11 is 0. The van der Waals surface area contributed by atoms with Gasteiger partial charge in [0.15, 0.2) is 5.96 Å². The number of halogens is 2. The van der Waals surface area contributed by atoms with Crippen LogP contribution in [0.4, 0.5) is 8.78 Å². The van der Waals surface area contributed by atoms with E-state index in [1.807, 2.05) is 0 Å². The number of esters is 1. The van der Waals surface area contributed by atoms with E-state index in [2.05, 4.69) is 20.4 Å². The van der Waals surface area contributed by atoms with Crippen LogP contribution in [0.5, 0.6) is 5.75 Å². The number of hydrogen-bond donors (Lipinski definition) is 2. The lowest BCUT2D eigenvalue weighted by Crippen LogP contribution is -2.37. The molecule has 0 aliphatic rings. The van der Waals surface area contributed by atoms with Gasteiger partial charge in [-0.05, 0) is 19.4 Å². The molecule has 24 heavy (non-hydrogen) atoms. The van der Waals surface area contributed by atoms with E-state index in [9.17, 15) is 13.6 Å². The van der Waals surface area contributed by atoms with E-state index in [0.29, 0.717) is 37.5 Å². The van der Waals surface area contributed by atoms with Gasteiger partial charge in [0.1, 0.15) is 5.75 Å². The van der Waals surface area contributed by atoms with E-state index in [1.54, 1.807) is 32.2 Å². The van der Waals surface area contributed by atoms with Crippen molar-refractivity contribution in [1.82, 2.24) is 10.6 Å². The first kappa shape index (κ1) is 19.7. The standard InChI is InChI=1S/C16H23F2N3O3/c1-3-23-14(22)9-6-10-20-16(19-2)21-11-12-7-4-5-8-13(12)24-15(17)18/h4-5,7-8,15H,3,6,9-11H2,1-2H3,(H2,19,20,21). The first-order valence-corrected chi connectivity index (χ1v) is 7.69. The fourth-order valence-electron chi connectivity index (χ4n) is 1.93. The molecule has 6 nitrogen and oxygen atoms in total. The Morgan fingerprint density at radius 3 is 2.71 bits per heavy atom. The molecule has 1 rings (SSSR count). The Kier molecular flexibility index (Phi) is 9.18. The molecule has 0 saturated heterocycles. The predicted octanol–water partition coefficient (Wildman–Crippen LogP) is 2.30. The Morgan fingerprint density at radius 2 is 2.04 bits per heavy atom. The highest BCUT2D eigenvalue weighted by atomic mass is 19.3. The summed E-state index contributed by atoms with van der Waals surface area (Å²) in [6.45, 7) is 0.0766. The number of rotatable bonds is 9. The van der Waals surface area contributed by atoms with Crippen molar-refractivity contribution in [2.75, 3.05) is 20.2 Å². The number of hydrogen-bond acceptors (Lipinski definition) is 4. The molecule has 0 spiro atoms. The molecule has 0 radical (unpaired) electrons. The second kappa shape index (κ2) is 11.2. The number of aliphatic imine (C=N–C) groups is 1. The number of benzene rings is 1. The molecule has 2 N–H and O–H groups in total. The predicted molar refractivity (Wildman–Crippen MR) is 87.1 cm³/mol. The molecule has 0 saturated carbocycles. The zero-order valence-corrected chi connectivity index (χ0v) is 13.9. The lowest BCUT2D eigenvalue weighted by Gasteiger charge is -2.14. The minimum Gasteiger partial charge on any atom is -0.466 e. The van der Waals surface area contributed by atoms with Gasteiger partial charge in [-0.1, -0.05) is 18.2 Å². The van der Waals surface area contributed by atoms with Crippen LogP contribution in [0.25, 0.3) is 0 Å². The molecule has 0 atom stereocenters. The van der Waals surface area contributed by atoms with Crippen molar-refractivity contribution >= 4 is 11.9 Å². The highest BCUT2D eigenvalue weighted by molar-refractivity contribution is 5.79. The summed E-state index contributed by atoms with van der Waals surface area (Å²) in [5.41, 5.74) is 0.590. The number of nitrogens with one attached hydrogen (secondary N) is 2. The molecule has 0 aliphatic carbocycles. The summed E-state index contributed by atoms with van der Waals surface area (Å²) in [7, 11) is 1.60. The molecular formula is C16H23F2N3O3. The fraction of sp³-hybridized carbons (Fsp3) is 0.500. The third kappa shape index (κ3) is 7.75. The molecule has 1 aromatic carbocycles. The molecule has 8 heteroatoms. The number of guanidine groups is 1. The van der Waals surface area contributed by atoms with Crippen LogP contribution in [-0.2, 0) is 16.1 Å². The van der Waals surface area contributed by atoms with Crippen LogP contribution >= 0.6 is 0 Å². The Morgan fingerprint density at radius 1 is 1.29 bits per heavy atom. The Labute approximate surface area is 140 Å². The quantitative estimate of drug-likeness (QED) is 0.312. The molecule has 0 aromatic heterocycles. The summed E-state index contributed by atoms with van der Waals surface area (Å²) in [4.78, 5) is 15.3. The van der Waals surface area contributed by atoms with E-state index in [1.165, 1.54) is 6.07 Å². The zero-order valence-electron chi connectivity index (χ0n) is 13.9. The average molecular weight is 343 g/mol. The van der Waals surface area contributed by atoms with Gasteiger partial charge >= 0.3 is 12.6 Å². The number of alkyl halides is 2. The highest BCUT2D eigenvalue weighted by Crippen LogP contribution is 2.19. The van der Waals surface area contributed by atoms with Crippen LogP contribution < -0.4 is 15.4 Å². The smallest absolute Gasteiger partial charge is 0.387 e. The van der Waals surface area contributed by atoms with Gasteiger partial charge in [0.2, 0.25) is 0 Å². The van der Waals surface area contributed by atoms with Gasteiger partial charge in [0, 0.05) is 32.1 Å². The van der Waals surface area contributed by atoms with Crippen LogP contribution in [0.15, 0.2) is 29.3 Å². The zero-order chi connectivity index (χ0) is 17.8. The second-order valence-corrected chi connectivity index (χ2v) is 4.75. The third-order valence-electron chi connectivity index (χ3n) is 3.01. The van der Waals surface area contributed by atoms with Crippen molar-refractivity contribution in [2.24, 2.45) is 4.99 Å². The minimum absolute atomic E-state index is 0.123. The minimum atomic E-state index is -2.87. The van der Waals surface area contributed by atoms with Gasteiger partial charge in [-0.2, -0.15) is 8.78 Å². The normalized spacial score (nSPS) is 11.3. The Bertz CT molecular complexity index is 539. The van der Waals surface area contributed by atoms with Crippen molar-refractivity contribution in [3.63, 3.8) is 0 Å². The number of nitrogens with zero attached hydrogens (tertiary/aromatic N) is 1. The number of carbonyl (C=O) groups excluding carboxylic acids is 1. The summed E-state index contributed by atoms with van der Waals surface area (Å²) in [6.07, 6.45) is 0.924. The molecule has 134 valence electrons. The first-order valence-electron chi connectivity index (χ1n) is 7.69. The third-order valence-corrected chi connectivity index (χ3v) is 3.01. The highest BCUT2D eigenvalue weighted by Gasteiger charge is 2.09. The fourth-order valence-corrected chi connectivity index (χ4v) is 1.93. The molecule has 0 amide bonds. The van der Waals surface area contributed by atoms with Gasteiger partial charge in [-0.15, -0.1) is 0 Å². The molecule has 1 aromatic rings. The maximum atomic E-state index is 12.4. The van der Waals surface area contributed by atoms with Gasteiger partial charge < -0.3 is 20.1 Å². The van der Waals surface area contributed by atoms with Crippen LogP contribution in [0, 0.1) is 0 Å². The molecule has 0 fully saturated rings. The topological polar surface area (TPSA) is 72.0 Å². The first-order chi connectivity index (χ1) is 11.6. The van der Waals surface area contributed by atoms with Gasteiger partial charge in [0.25, 0.3) is 0 Å². The summed E-state index contributed by atoms with van der Waals surface area (Å²) < 4.78 is 34.1. The molecule has 0 bridgehead atoms. The Balaban J connectivity index is 2.40. The van der Waals surface area contributed by atoms with Crippen LogP contribution in [0.2, 0.25) is 0 Å². The maximum Gasteiger partial charge on any atom is 0.387 e. The summed E-state index contributed by atoms with van der Waals surface area (Å²) in [5, 5.41) is 6.05. The molecule has 0 unspecified atom stereocenters. The van der Waals surface area contributed by atoms with Gasteiger partial charge in [0.05, 0.1) is 6.61 Å². The Hall–Kier alpha value is -2.38. The van der Waals surface area contributed by atoms with E-state index >= 15 is 0 Å². The summed E-state index contributed by atoms with van der Waals surface area (Å²) in [5.74, 6) is 0.392. The monoisotopic (exact) mass is 343 g/mol. The van der Waals surface area contributed by atoms with E-state index < -0.39 is 6.61 Å². The number of carbonyl (C=O) groups is 1. The number of para-hydroxylation sites is 1. The van der Waals surface area contributed by atoms with Gasteiger partial charge in [-0.3, -0.25) is 9.79 Å². The lowest BCUT2D eigenvalue weighted by molar-refractivity contribution is -0.143. The van der Waals surface area contributed by atoms with Crippen LogP contribution in [-0.4, -0.2) is 38.7 Å². The largest absolute Gasteiger partial charge is 0.466 e. The van der Waals surface area contributed by atoms with Crippen molar-refractivity contribution in [2.45, 2.75) is 32.9 Å². The SMILES string of the molecule is CCOC(=O)CCCNC(=NC)NCc1ccccc1OC(F)F. The molecule has 0 heterocycles. The van der Waals surface area contributed by atoms with E-state index in [4.69, 9.17) is 4.74 Å². The molecule has 0 aliphatic heterocycles. The lowest BCUT2D eigenvalue weighted by atomic mass is 10.2. The maximum absolute atomic E-state index is 12.4. The second-order valence-electron chi connectivity index (χ2n) is 4.75. The van der Waals surface area contributed by atoms with Crippen LogP contribution in [0.3, 0.4) is 0 Å². The van der Waals surface area contributed by atoms with Gasteiger partial charge in [-0.25, -0.2) is 0 Å². The van der Waals surface area contributed by atoms with Crippen molar-refractivity contribution in [3.8, 4) is 5.75 Å². The number of ether oxygens (including phenoxy) is 2. The van der Waals surface area contributed by atoms with Crippen molar-refractivity contribution in [3.05, 3.63) is 29.8 Å². The molecular weight excluding hydrogens is 320 g/mol. The summed E-state index contributed by atoms with van der Waals surface area (Å²) in [6, 6.07) is 6.55. The van der Waals surface area contributed by atoms with Crippen LogP contribution in [0.1, 0.15) is 25.3 Å². The van der Waals surface area contributed by atoms with E-state index in [0.717, 1.165) is 0 Å². The van der Waals surface area contributed by atoms with Crippen molar-refractivity contribution in [1.29, 1.82) is 0 Å². The van der Waals surface area contributed by atoms with E-state index in [-0.39, 0.29) is 18.3 Å². The average Bonchev–Trinajstić information content (AvgIpc) is 2.55.